The first-order valence-electron chi connectivity index (χ1n) is 10.3. The van der Waals surface area contributed by atoms with Crippen LogP contribution >= 0.6 is 0 Å². The summed E-state index contributed by atoms with van der Waals surface area (Å²) >= 11 is 0. The smallest absolute Gasteiger partial charge is 0.261 e. The van der Waals surface area contributed by atoms with Crippen molar-refractivity contribution in [2.45, 2.75) is 19.5 Å². The van der Waals surface area contributed by atoms with Crippen molar-refractivity contribution in [3.05, 3.63) is 88.0 Å². The standard InChI is InChI=1S/C24H24N4O3/c1-30-21-9-8-17(14-22(21)31-2)15-26-13-11-19-20(16-26)28-23(10-12-25-28)27(24(19)29)18-6-4-3-5-7-18/h3-10,12,14H,11,13,15-16H2,1-2H3. The molecule has 0 amide bonds. The number of ether oxygens (including phenoxy) is 2. The number of aromatic nitrogens is 3. The fraction of sp³-hybridized carbons (Fsp3) is 0.250. The molecule has 7 nitrogen and oxygen atoms in total. The van der Waals surface area contributed by atoms with E-state index in [-0.39, 0.29) is 5.56 Å². The van der Waals surface area contributed by atoms with Gasteiger partial charge in [-0.05, 0) is 36.2 Å². The highest BCUT2D eigenvalue weighted by molar-refractivity contribution is 5.50. The molecule has 2 aromatic heterocycles. The number of nitrogens with zero attached hydrogens (tertiary/aromatic N) is 4. The maximum atomic E-state index is 13.4. The van der Waals surface area contributed by atoms with Crippen molar-refractivity contribution in [1.29, 1.82) is 0 Å². The average Bonchev–Trinajstić information content (AvgIpc) is 3.29. The zero-order chi connectivity index (χ0) is 21.4. The Morgan fingerprint density at radius 1 is 1.00 bits per heavy atom. The second-order valence-corrected chi connectivity index (χ2v) is 7.65. The van der Waals surface area contributed by atoms with Crippen LogP contribution in [0.4, 0.5) is 0 Å². The summed E-state index contributed by atoms with van der Waals surface area (Å²) in [5, 5.41) is 4.54. The highest BCUT2D eigenvalue weighted by Crippen LogP contribution is 2.29. The van der Waals surface area contributed by atoms with Crippen molar-refractivity contribution in [3.8, 4) is 17.2 Å². The minimum Gasteiger partial charge on any atom is -0.493 e. The van der Waals surface area contributed by atoms with Crippen molar-refractivity contribution >= 4 is 5.65 Å². The van der Waals surface area contributed by atoms with Gasteiger partial charge in [0.05, 0.1) is 31.8 Å². The molecule has 7 heteroatoms. The van der Waals surface area contributed by atoms with Gasteiger partial charge in [-0.3, -0.25) is 14.3 Å². The van der Waals surface area contributed by atoms with Crippen LogP contribution in [0.5, 0.6) is 11.5 Å². The van der Waals surface area contributed by atoms with Crippen LogP contribution in [-0.4, -0.2) is 39.8 Å². The number of rotatable bonds is 5. The van der Waals surface area contributed by atoms with Crippen molar-refractivity contribution in [3.63, 3.8) is 0 Å². The number of fused-ring (bicyclic) bond motifs is 3. The quantitative estimate of drug-likeness (QED) is 0.500. The lowest BCUT2D eigenvalue weighted by Gasteiger charge is -2.29. The van der Waals surface area contributed by atoms with Gasteiger partial charge >= 0.3 is 0 Å². The molecule has 0 saturated carbocycles. The van der Waals surface area contributed by atoms with Gasteiger partial charge in [-0.2, -0.15) is 5.10 Å². The lowest BCUT2D eigenvalue weighted by atomic mass is 10.0. The average molecular weight is 416 g/mol. The van der Waals surface area contributed by atoms with Gasteiger partial charge in [0.15, 0.2) is 11.5 Å². The first-order chi connectivity index (χ1) is 15.2. The third kappa shape index (κ3) is 3.37. The van der Waals surface area contributed by atoms with Crippen LogP contribution in [0.25, 0.3) is 11.3 Å². The molecule has 4 aromatic rings. The van der Waals surface area contributed by atoms with Gasteiger partial charge in [0.2, 0.25) is 0 Å². The van der Waals surface area contributed by atoms with Gasteiger partial charge in [0, 0.05) is 31.3 Å². The minimum atomic E-state index is 0.0416. The molecule has 0 unspecified atom stereocenters. The van der Waals surface area contributed by atoms with Crippen molar-refractivity contribution in [2.24, 2.45) is 0 Å². The molecule has 0 fully saturated rings. The molecule has 2 aromatic carbocycles. The minimum absolute atomic E-state index is 0.0416. The SMILES string of the molecule is COc1ccc(CN2CCc3c(n4nccc4n(-c4ccccc4)c3=O)C2)cc1OC. The highest BCUT2D eigenvalue weighted by atomic mass is 16.5. The van der Waals surface area contributed by atoms with Crippen LogP contribution in [0.15, 0.2) is 65.6 Å². The predicted octanol–water partition coefficient (Wildman–Crippen LogP) is 3.06. The Bertz CT molecular complexity index is 1290. The van der Waals surface area contributed by atoms with Crippen LogP contribution in [0.2, 0.25) is 0 Å². The Morgan fingerprint density at radius 3 is 2.58 bits per heavy atom. The Kier molecular flexibility index (Phi) is 4.95. The Balaban J connectivity index is 1.51. The van der Waals surface area contributed by atoms with E-state index in [0.717, 1.165) is 52.7 Å². The molecular formula is C24H24N4O3. The van der Waals surface area contributed by atoms with E-state index in [1.165, 1.54) is 0 Å². The Hall–Kier alpha value is -3.58. The molecule has 3 heterocycles. The topological polar surface area (TPSA) is 61.0 Å². The van der Waals surface area contributed by atoms with E-state index in [4.69, 9.17) is 9.47 Å². The molecule has 1 aliphatic rings. The molecular weight excluding hydrogens is 392 g/mol. The third-order valence-electron chi connectivity index (χ3n) is 5.84. The fourth-order valence-electron chi connectivity index (χ4n) is 4.34. The van der Waals surface area contributed by atoms with Crippen LogP contribution in [0.3, 0.4) is 0 Å². The number of benzene rings is 2. The number of hydrogen-bond acceptors (Lipinski definition) is 5. The monoisotopic (exact) mass is 416 g/mol. The summed E-state index contributed by atoms with van der Waals surface area (Å²) in [4.78, 5) is 15.7. The van der Waals surface area contributed by atoms with Gasteiger partial charge in [0.25, 0.3) is 5.56 Å². The lowest BCUT2D eigenvalue weighted by molar-refractivity contribution is 0.237. The van der Waals surface area contributed by atoms with Gasteiger partial charge in [-0.15, -0.1) is 0 Å². The summed E-state index contributed by atoms with van der Waals surface area (Å²) < 4.78 is 14.4. The number of methoxy groups -OCH3 is 2. The van der Waals surface area contributed by atoms with E-state index >= 15 is 0 Å². The van der Waals surface area contributed by atoms with Crippen molar-refractivity contribution in [1.82, 2.24) is 19.1 Å². The first-order valence-corrected chi connectivity index (χ1v) is 10.3. The maximum absolute atomic E-state index is 13.4. The molecule has 0 radical (unpaired) electrons. The summed E-state index contributed by atoms with van der Waals surface area (Å²) in [5.41, 5.74) is 4.61. The molecule has 5 rings (SSSR count). The molecule has 0 N–H and O–H groups in total. The largest absolute Gasteiger partial charge is 0.493 e. The van der Waals surface area contributed by atoms with E-state index in [2.05, 4.69) is 10.00 Å². The molecule has 0 aliphatic carbocycles. The van der Waals surface area contributed by atoms with Gasteiger partial charge in [0.1, 0.15) is 5.65 Å². The number of para-hydroxylation sites is 1. The van der Waals surface area contributed by atoms with Gasteiger partial charge in [-0.25, -0.2) is 4.52 Å². The third-order valence-corrected chi connectivity index (χ3v) is 5.84. The molecule has 1 aliphatic heterocycles. The normalized spacial score (nSPS) is 13.9. The Labute approximate surface area is 180 Å². The van der Waals surface area contributed by atoms with E-state index < -0.39 is 0 Å². The summed E-state index contributed by atoms with van der Waals surface area (Å²) in [6, 6.07) is 17.6. The first kappa shape index (κ1) is 19.4. The highest BCUT2D eigenvalue weighted by Gasteiger charge is 2.25. The van der Waals surface area contributed by atoms with Gasteiger partial charge < -0.3 is 9.47 Å². The second kappa shape index (κ2) is 7.92. The summed E-state index contributed by atoms with van der Waals surface area (Å²) in [6.07, 6.45) is 2.44. The molecule has 0 saturated heterocycles. The summed E-state index contributed by atoms with van der Waals surface area (Å²) in [6.45, 7) is 2.22. The van der Waals surface area contributed by atoms with E-state index in [0.29, 0.717) is 13.0 Å². The van der Waals surface area contributed by atoms with Crippen LogP contribution in [0, 0.1) is 0 Å². The zero-order valence-electron chi connectivity index (χ0n) is 17.6. The summed E-state index contributed by atoms with van der Waals surface area (Å²) in [7, 11) is 3.28. The van der Waals surface area contributed by atoms with Crippen LogP contribution < -0.4 is 15.0 Å². The second-order valence-electron chi connectivity index (χ2n) is 7.65. The van der Waals surface area contributed by atoms with E-state index in [1.807, 2.05) is 59.1 Å². The molecule has 31 heavy (non-hydrogen) atoms. The van der Waals surface area contributed by atoms with Crippen molar-refractivity contribution < 1.29 is 9.47 Å². The van der Waals surface area contributed by atoms with E-state index in [9.17, 15) is 4.79 Å². The Morgan fingerprint density at radius 2 is 1.81 bits per heavy atom. The molecule has 158 valence electrons. The summed E-state index contributed by atoms with van der Waals surface area (Å²) in [5.74, 6) is 1.44. The number of hydrogen-bond donors (Lipinski definition) is 0. The fourth-order valence-corrected chi connectivity index (χ4v) is 4.34. The van der Waals surface area contributed by atoms with Crippen molar-refractivity contribution in [2.75, 3.05) is 20.8 Å². The van der Waals surface area contributed by atoms with Gasteiger partial charge in [-0.1, -0.05) is 24.3 Å². The molecule has 0 atom stereocenters. The van der Waals surface area contributed by atoms with Crippen LogP contribution in [0.1, 0.15) is 16.8 Å². The van der Waals surface area contributed by atoms with Crippen LogP contribution in [-0.2, 0) is 19.5 Å². The molecule has 0 spiro atoms. The molecule has 0 bridgehead atoms. The van der Waals surface area contributed by atoms with E-state index in [1.54, 1.807) is 25.0 Å². The predicted molar refractivity (Wildman–Crippen MR) is 118 cm³/mol. The zero-order valence-corrected chi connectivity index (χ0v) is 17.6. The lowest BCUT2D eigenvalue weighted by Crippen LogP contribution is -2.38. The maximum Gasteiger partial charge on any atom is 0.261 e.